The molecule has 0 aliphatic heterocycles. The van der Waals surface area contributed by atoms with Crippen molar-refractivity contribution in [2.24, 2.45) is 0 Å². The fraction of sp³-hybridized carbons (Fsp3) is 0. The molecule has 0 fully saturated rings. The van der Waals surface area contributed by atoms with Crippen LogP contribution in [0.3, 0.4) is 0 Å². The third-order valence-electron chi connectivity index (χ3n) is 6.08. The second-order valence-electron chi connectivity index (χ2n) is 9.31. The minimum absolute atomic E-state index is 0. The Morgan fingerprint density at radius 3 is 1.44 bits per heavy atom. The van der Waals surface area contributed by atoms with E-state index in [4.69, 9.17) is 0 Å². The fourth-order valence-electron chi connectivity index (χ4n) is 3.93. The summed E-state index contributed by atoms with van der Waals surface area (Å²) in [6, 6.07) is 27.5. The molecule has 0 spiro atoms. The van der Waals surface area contributed by atoms with E-state index in [-0.39, 0.29) is 42.6 Å². The van der Waals surface area contributed by atoms with E-state index in [1.807, 2.05) is 0 Å². The summed E-state index contributed by atoms with van der Waals surface area (Å²) in [5, 5.41) is 7.63. The minimum Gasteiger partial charge on any atom is -0.416 e. The molecule has 0 N–H and O–H groups in total. The zero-order valence-corrected chi connectivity index (χ0v) is 26.6. The maximum absolute atomic E-state index is 13.6. The van der Waals surface area contributed by atoms with E-state index >= 15 is 0 Å². The second-order valence-corrected chi connectivity index (χ2v) is 9.31. The smallest absolute Gasteiger partial charge is 0.416 e. The monoisotopic (exact) mass is 830 g/mol. The number of nitrogens with zero attached hydrogens (tertiary/aromatic N) is 6. The molecule has 240 valence electrons. The van der Waals surface area contributed by atoms with Crippen molar-refractivity contribution in [3.63, 3.8) is 0 Å². The zero-order valence-electron chi connectivity index (χ0n) is 24.3. The summed E-state index contributed by atoms with van der Waals surface area (Å²) < 4.78 is 78.0. The molecule has 0 radical (unpaired) electrons. The second kappa shape index (κ2) is 16.9. The average molecular weight is 830 g/mol. The summed E-state index contributed by atoms with van der Waals surface area (Å²) in [6.45, 7) is 0. The van der Waals surface area contributed by atoms with Crippen LogP contribution in [0.4, 0.5) is 26.3 Å². The molecule has 7 aromatic rings. The fourth-order valence-corrected chi connectivity index (χ4v) is 3.93. The number of rotatable bonds is 4. The summed E-state index contributed by atoms with van der Waals surface area (Å²) >= 11 is 0. The molecule has 3 aromatic carbocycles. The quantitative estimate of drug-likeness (QED) is 0.132. The van der Waals surface area contributed by atoms with Gasteiger partial charge in [-0.05, 0) is 53.6 Å². The Kier molecular flexibility index (Phi) is 12.4. The molecule has 7 rings (SSSR count). The summed E-state index contributed by atoms with van der Waals surface area (Å²) in [6.07, 6.45) is 4.70. The molecule has 0 unspecified atom stereocenters. The predicted molar refractivity (Wildman–Crippen MR) is 161 cm³/mol. The van der Waals surface area contributed by atoms with Crippen LogP contribution >= 0.6 is 0 Å². The number of hydrogen-bond acceptors (Lipinski definition) is 5. The summed E-state index contributed by atoms with van der Waals surface area (Å²) in [5.74, 6) is -3.53. The van der Waals surface area contributed by atoms with Crippen molar-refractivity contribution in [2.45, 2.75) is 0 Å². The Balaban J connectivity index is 0.000000164. The number of aromatic nitrogens is 6. The van der Waals surface area contributed by atoms with Gasteiger partial charge in [-0.1, -0.05) is 53.6 Å². The molecule has 13 heteroatoms. The average Bonchev–Trinajstić information content (AvgIpc) is 3.57. The van der Waals surface area contributed by atoms with Crippen LogP contribution in [0.25, 0.3) is 45.4 Å². The third-order valence-corrected chi connectivity index (χ3v) is 6.08. The van der Waals surface area contributed by atoms with Crippen molar-refractivity contribution >= 4 is 0 Å². The topological polar surface area (TPSA) is 78.5 Å². The van der Waals surface area contributed by atoms with Gasteiger partial charge in [-0.2, -0.15) is 0 Å². The van der Waals surface area contributed by atoms with E-state index in [9.17, 15) is 26.3 Å². The zero-order chi connectivity index (χ0) is 33.2. The standard InChI is InChI=1S/C13H7F2N4.2C11H6F2N.Ir/c14-8-4-5-9(10(15)7-8)12-17-13(19-18-12)11-3-1-2-6-16-11;2*12-8-4-5-9(10(13)7-8)11-3-1-2-6-14-11;/h1-7H;2*1-4,6-7H;/q3*-1;+3. The molecule has 4 heterocycles. The Hall–Kier alpha value is -5.52. The summed E-state index contributed by atoms with van der Waals surface area (Å²) in [5.41, 5.74) is 1.92. The van der Waals surface area contributed by atoms with E-state index in [0.717, 1.165) is 36.4 Å². The van der Waals surface area contributed by atoms with Gasteiger partial charge in [0.15, 0.2) is 0 Å². The maximum atomic E-state index is 13.6. The summed E-state index contributed by atoms with van der Waals surface area (Å²) in [4.78, 5) is 16.1. The molecule has 0 saturated heterocycles. The molecule has 0 amide bonds. The Morgan fingerprint density at radius 1 is 0.521 bits per heavy atom. The molecule has 0 bridgehead atoms. The molecule has 0 aliphatic rings. The van der Waals surface area contributed by atoms with Gasteiger partial charge >= 0.3 is 20.1 Å². The van der Waals surface area contributed by atoms with Crippen molar-refractivity contribution in [3.05, 3.63) is 163 Å². The number of halogens is 6. The summed E-state index contributed by atoms with van der Waals surface area (Å²) in [7, 11) is 0. The molecule has 0 saturated carbocycles. The first kappa shape index (κ1) is 35.3. The van der Waals surface area contributed by atoms with Gasteiger partial charge in [-0.25, -0.2) is 8.78 Å². The number of pyridine rings is 3. The van der Waals surface area contributed by atoms with E-state index in [1.54, 1.807) is 73.2 Å². The van der Waals surface area contributed by atoms with Crippen LogP contribution in [0, 0.1) is 47.0 Å². The van der Waals surface area contributed by atoms with E-state index in [0.29, 0.717) is 22.9 Å². The van der Waals surface area contributed by atoms with Gasteiger partial charge in [-0.3, -0.25) is 27.6 Å². The molecule has 0 atom stereocenters. The first-order valence-electron chi connectivity index (χ1n) is 13.6. The van der Waals surface area contributed by atoms with E-state index in [2.05, 4.69) is 42.3 Å². The van der Waals surface area contributed by atoms with Gasteiger partial charge in [0.05, 0.1) is 11.5 Å². The molecular formula is C35H19F6IrN6. The van der Waals surface area contributed by atoms with Gasteiger partial charge < -0.3 is 20.1 Å². The molecule has 48 heavy (non-hydrogen) atoms. The largest absolute Gasteiger partial charge is 3.00 e. The normalized spacial score (nSPS) is 10.1. The first-order chi connectivity index (χ1) is 22.8. The first-order valence-corrected chi connectivity index (χ1v) is 13.6. The van der Waals surface area contributed by atoms with Crippen LogP contribution in [0.1, 0.15) is 0 Å². The Morgan fingerprint density at radius 2 is 1.00 bits per heavy atom. The van der Waals surface area contributed by atoms with Crippen molar-refractivity contribution in [1.29, 1.82) is 0 Å². The van der Waals surface area contributed by atoms with Crippen LogP contribution in [-0.4, -0.2) is 25.0 Å². The SMILES string of the molecule is Fc1c[c-]c(-c2ccccn2)c(F)c1.Fc1c[c-]c(-c2ccccn2)c(F)c1.Fc1ccc(-c2n[n-]c(-c3ccccn3)n2)c(F)c1.[Ir+3]. The molecular weight excluding hydrogens is 811 g/mol. The predicted octanol–water partition coefficient (Wildman–Crippen LogP) is 8.09. The van der Waals surface area contributed by atoms with Crippen LogP contribution in [0.2, 0.25) is 0 Å². The Labute approximate surface area is 284 Å². The van der Waals surface area contributed by atoms with Crippen LogP contribution in [-0.2, 0) is 20.1 Å². The van der Waals surface area contributed by atoms with Crippen molar-refractivity contribution in [1.82, 2.24) is 30.1 Å². The minimum atomic E-state index is -0.722. The van der Waals surface area contributed by atoms with Crippen molar-refractivity contribution in [3.8, 4) is 45.4 Å². The van der Waals surface area contributed by atoms with E-state index < -0.39 is 34.9 Å². The van der Waals surface area contributed by atoms with Crippen LogP contribution in [0.5, 0.6) is 0 Å². The number of benzene rings is 3. The Bertz CT molecular complexity index is 1980. The van der Waals surface area contributed by atoms with Crippen LogP contribution < -0.4 is 5.10 Å². The van der Waals surface area contributed by atoms with Crippen molar-refractivity contribution < 1.29 is 46.4 Å². The molecule has 0 aliphatic carbocycles. The third kappa shape index (κ3) is 9.27. The van der Waals surface area contributed by atoms with Crippen LogP contribution in [0.15, 0.2) is 116 Å². The molecule has 4 aromatic heterocycles. The molecule has 6 nitrogen and oxygen atoms in total. The van der Waals surface area contributed by atoms with E-state index in [1.165, 1.54) is 6.07 Å². The maximum Gasteiger partial charge on any atom is 3.00 e. The van der Waals surface area contributed by atoms with Gasteiger partial charge in [0, 0.05) is 53.5 Å². The van der Waals surface area contributed by atoms with Gasteiger partial charge in [-0.15, -0.1) is 24.3 Å². The number of hydrogen-bond donors (Lipinski definition) is 0. The van der Waals surface area contributed by atoms with Gasteiger partial charge in [0.2, 0.25) is 0 Å². The van der Waals surface area contributed by atoms with Gasteiger partial charge in [0.25, 0.3) is 0 Å². The van der Waals surface area contributed by atoms with Crippen molar-refractivity contribution in [2.75, 3.05) is 0 Å². The van der Waals surface area contributed by atoms with Gasteiger partial charge in [0.1, 0.15) is 11.6 Å².